The van der Waals surface area contributed by atoms with Crippen molar-refractivity contribution in [3.63, 3.8) is 0 Å². The van der Waals surface area contributed by atoms with Gasteiger partial charge >= 0.3 is 0 Å². The molecular formula is C24H32F3N3O3S. The van der Waals surface area contributed by atoms with E-state index in [9.17, 15) is 13.6 Å². The minimum Gasteiger partial charge on any atom is -0.464 e. The van der Waals surface area contributed by atoms with E-state index in [1.807, 2.05) is 6.92 Å². The summed E-state index contributed by atoms with van der Waals surface area (Å²) in [6, 6.07) is 1.78. The highest BCUT2D eigenvalue weighted by molar-refractivity contribution is 7.13. The maximum atomic E-state index is 15.5. The second kappa shape index (κ2) is 10.4. The van der Waals surface area contributed by atoms with Gasteiger partial charge in [0.1, 0.15) is 17.2 Å². The molecule has 0 radical (unpaired) electrons. The number of alkyl halides is 3. The fourth-order valence-electron chi connectivity index (χ4n) is 4.77. The Kier molecular flexibility index (Phi) is 7.66. The number of carbonyl (C=O) groups excluding carboxylic acids is 1. The summed E-state index contributed by atoms with van der Waals surface area (Å²) in [7, 11) is 0. The van der Waals surface area contributed by atoms with Gasteiger partial charge in [-0.2, -0.15) is 0 Å². The molecule has 10 heteroatoms. The highest BCUT2D eigenvalue weighted by atomic mass is 32.1. The fraction of sp³-hybridized carbons (Fsp3) is 0.708. The highest BCUT2D eigenvalue weighted by Gasteiger charge is 2.36. The Morgan fingerprint density at radius 1 is 1.38 bits per heavy atom. The van der Waals surface area contributed by atoms with Crippen molar-refractivity contribution in [1.82, 2.24) is 15.0 Å². The first-order valence-electron chi connectivity index (χ1n) is 11.9. The lowest BCUT2D eigenvalue weighted by atomic mass is 9.76. The lowest BCUT2D eigenvalue weighted by Crippen LogP contribution is -2.37. The molecule has 0 atom stereocenters. The number of rotatable bonds is 10. The van der Waals surface area contributed by atoms with Gasteiger partial charge in [0.2, 0.25) is 0 Å². The smallest absolute Gasteiger partial charge is 0.278 e. The Labute approximate surface area is 201 Å². The topological polar surface area (TPSA) is 68.5 Å². The molecule has 4 rings (SSSR count). The van der Waals surface area contributed by atoms with Gasteiger partial charge in [0.05, 0.1) is 17.8 Å². The molecular weight excluding hydrogens is 467 g/mol. The number of halogens is 3. The number of carbonyl (C=O) groups is 1. The van der Waals surface area contributed by atoms with Crippen LogP contribution in [0.15, 0.2) is 10.6 Å². The quantitative estimate of drug-likeness (QED) is 0.441. The summed E-state index contributed by atoms with van der Waals surface area (Å²) < 4.78 is 51.8. The maximum Gasteiger partial charge on any atom is 0.278 e. The van der Waals surface area contributed by atoms with Gasteiger partial charge in [0.25, 0.3) is 11.1 Å². The SMILES string of the molecule is Cc1cc(CC(=O)CC2CCC(F)(CCN3CCc4sc(OCC(C)(F)F)nc4C3)CC2)on1. The molecule has 0 spiro atoms. The van der Waals surface area contributed by atoms with Crippen molar-refractivity contribution >= 4 is 17.1 Å². The Morgan fingerprint density at radius 2 is 2.15 bits per heavy atom. The van der Waals surface area contributed by atoms with Gasteiger partial charge in [-0.25, -0.2) is 18.2 Å². The minimum atomic E-state index is -2.89. The largest absolute Gasteiger partial charge is 0.464 e. The monoisotopic (exact) mass is 499 g/mol. The zero-order valence-electron chi connectivity index (χ0n) is 19.7. The van der Waals surface area contributed by atoms with E-state index in [-0.39, 0.29) is 23.3 Å². The predicted octanol–water partition coefficient (Wildman–Crippen LogP) is 5.32. The normalized spacial score (nSPS) is 23.6. The van der Waals surface area contributed by atoms with E-state index in [0.29, 0.717) is 44.5 Å². The number of hydrogen-bond donors (Lipinski definition) is 0. The summed E-state index contributed by atoms with van der Waals surface area (Å²) >= 11 is 1.33. The number of ketones is 1. The third kappa shape index (κ3) is 7.04. The Balaban J connectivity index is 1.19. The number of hydrogen-bond acceptors (Lipinski definition) is 7. The molecule has 0 saturated heterocycles. The van der Waals surface area contributed by atoms with E-state index in [1.165, 1.54) is 11.3 Å². The number of aromatic nitrogens is 2. The average Bonchev–Trinajstić information content (AvgIpc) is 3.37. The number of nitrogens with zero attached hydrogens (tertiary/aromatic N) is 3. The third-order valence-corrected chi connectivity index (χ3v) is 7.75. The molecule has 6 nitrogen and oxygen atoms in total. The molecule has 2 aromatic heterocycles. The van der Waals surface area contributed by atoms with Crippen molar-refractivity contribution < 1.29 is 27.2 Å². The zero-order valence-corrected chi connectivity index (χ0v) is 20.6. The van der Waals surface area contributed by atoms with Crippen molar-refractivity contribution in [2.24, 2.45) is 5.92 Å². The molecule has 2 aliphatic rings. The molecule has 0 unspecified atom stereocenters. The first kappa shape index (κ1) is 25.2. The van der Waals surface area contributed by atoms with Gasteiger partial charge in [-0.15, -0.1) is 0 Å². The molecule has 34 heavy (non-hydrogen) atoms. The second-order valence-electron chi connectivity index (χ2n) is 9.93. The number of thiazole rings is 1. The Hall–Kier alpha value is -1.94. The van der Waals surface area contributed by atoms with Crippen LogP contribution in [0.2, 0.25) is 0 Å². The van der Waals surface area contributed by atoms with Gasteiger partial charge < -0.3 is 9.26 Å². The molecule has 2 aromatic rings. The van der Waals surface area contributed by atoms with E-state index in [0.717, 1.165) is 49.0 Å². The summed E-state index contributed by atoms with van der Waals surface area (Å²) in [6.45, 7) is 3.98. The van der Waals surface area contributed by atoms with Crippen LogP contribution in [-0.4, -0.2) is 52.1 Å². The molecule has 0 amide bonds. The van der Waals surface area contributed by atoms with Gasteiger partial charge in [0.15, 0.2) is 6.61 Å². The first-order valence-corrected chi connectivity index (χ1v) is 12.7. The van der Waals surface area contributed by atoms with Crippen LogP contribution in [0.25, 0.3) is 0 Å². The number of ether oxygens (including phenoxy) is 1. The van der Waals surface area contributed by atoms with Crippen LogP contribution in [0.3, 0.4) is 0 Å². The lowest BCUT2D eigenvalue weighted by Gasteiger charge is -2.36. The molecule has 1 aliphatic carbocycles. The van der Waals surface area contributed by atoms with Crippen LogP contribution >= 0.6 is 11.3 Å². The van der Waals surface area contributed by atoms with Crippen molar-refractivity contribution in [3.8, 4) is 5.19 Å². The van der Waals surface area contributed by atoms with Gasteiger partial charge in [0, 0.05) is 43.9 Å². The number of aryl methyl sites for hydroxylation is 1. The van der Waals surface area contributed by atoms with E-state index in [1.54, 1.807) is 6.07 Å². The molecule has 1 fully saturated rings. The van der Waals surface area contributed by atoms with Crippen LogP contribution in [-0.2, 0) is 24.2 Å². The Bertz CT molecular complexity index is 980. The van der Waals surface area contributed by atoms with Crippen LogP contribution in [0.4, 0.5) is 13.2 Å². The molecule has 0 bridgehead atoms. The van der Waals surface area contributed by atoms with Gasteiger partial charge in [-0.3, -0.25) is 9.69 Å². The van der Waals surface area contributed by atoms with Gasteiger partial charge in [-0.1, -0.05) is 16.5 Å². The Morgan fingerprint density at radius 3 is 2.82 bits per heavy atom. The summed E-state index contributed by atoms with van der Waals surface area (Å²) in [5.41, 5.74) is 0.408. The standard InChI is InChI=1S/C24H32F3N3O3S/c1-16-11-19(33-29-16)13-18(31)12-17-3-6-24(27,7-4-17)8-10-30-9-5-21-20(14-30)28-22(34-21)32-15-23(2,25)26/h11,17H,3-10,12-15H2,1-2H3. The fourth-order valence-corrected chi connectivity index (χ4v) is 5.67. The van der Waals surface area contributed by atoms with Crippen molar-refractivity contribution in [2.45, 2.75) is 83.4 Å². The van der Waals surface area contributed by atoms with Crippen molar-refractivity contribution in [3.05, 3.63) is 28.1 Å². The number of Topliss-reactive ketones (excluding diaryl/α,β-unsaturated/α-hetero) is 1. The second-order valence-corrected chi connectivity index (χ2v) is 11.0. The molecule has 0 N–H and O–H groups in total. The summed E-state index contributed by atoms with van der Waals surface area (Å²) in [6.07, 6.45) is 4.33. The predicted molar refractivity (Wildman–Crippen MR) is 122 cm³/mol. The van der Waals surface area contributed by atoms with E-state index < -0.39 is 18.2 Å². The zero-order chi connectivity index (χ0) is 24.3. The highest BCUT2D eigenvalue weighted by Crippen LogP contribution is 2.39. The van der Waals surface area contributed by atoms with E-state index in [2.05, 4.69) is 15.0 Å². The van der Waals surface area contributed by atoms with Crippen LogP contribution in [0, 0.1) is 12.8 Å². The molecule has 0 aromatic carbocycles. The third-order valence-electron chi connectivity index (χ3n) is 6.68. The van der Waals surface area contributed by atoms with Gasteiger partial charge in [-0.05, 0) is 51.4 Å². The number of fused-ring (bicyclic) bond motifs is 1. The maximum absolute atomic E-state index is 15.5. The molecule has 1 saturated carbocycles. The van der Waals surface area contributed by atoms with Crippen molar-refractivity contribution in [2.75, 3.05) is 19.7 Å². The summed E-state index contributed by atoms with van der Waals surface area (Å²) in [4.78, 5) is 19.9. The molecule has 1 aliphatic heterocycles. The minimum absolute atomic E-state index is 0.117. The average molecular weight is 500 g/mol. The van der Waals surface area contributed by atoms with Crippen molar-refractivity contribution in [1.29, 1.82) is 0 Å². The van der Waals surface area contributed by atoms with Crippen LogP contribution < -0.4 is 4.74 Å². The lowest BCUT2D eigenvalue weighted by molar-refractivity contribution is -0.120. The summed E-state index contributed by atoms with van der Waals surface area (Å²) in [5.74, 6) is -1.96. The summed E-state index contributed by atoms with van der Waals surface area (Å²) in [5, 5.41) is 4.09. The van der Waals surface area contributed by atoms with E-state index >= 15 is 4.39 Å². The van der Waals surface area contributed by atoms with Crippen LogP contribution in [0.1, 0.15) is 67.5 Å². The van der Waals surface area contributed by atoms with E-state index in [4.69, 9.17) is 9.26 Å². The van der Waals surface area contributed by atoms with Crippen LogP contribution in [0.5, 0.6) is 5.19 Å². The first-order chi connectivity index (χ1) is 16.1. The molecule has 188 valence electrons. The molecule has 3 heterocycles.